The van der Waals surface area contributed by atoms with Crippen molar-refractivity contribution in [1.29, 1.82) is 0 Å². The SMILES string of the molecule is C[C@@H]([As])C(=O)N(C)CC(=O)Nc1nc2ccc(OC(F)(F)F)cc2s1. The molecule has 134 valence electrons. The number of rotatable bonds is 5. The van der Waals surface area contributed by atoms with Crippen molar-refractivity contribution in [2.24, 2.45) is 0 Å². The summed E-state index contributed by atoms with van der Waals surface area (Å²) >= 11 is 3.20. The number of carbonyl (C=O) groups is 2. The molecule has 1 heterocycles. The van der Waals surface area contributed by atoms with E-state index in [1.165, 1.54) is 24.1 Å². The van der Waals surface area contributed by atoms with Gasteiger partial charge in [0.15, 0.2) is 0 Å². The second-order valence-electron chi connectivity index (χ2n) is 5.11. The van der Waals surface area contributed by atoms with Crippen LogP contribution in [0.5, 0.6) is 5.75 Å². The molecular weight excluding hydrogens is 422 g/mol. The van der Waals surface area contributed by atoms with Crippen LogP contribution in [0.3, 0.4) is 0 Å². The van der Waals surface area contributed by atoms with Gasteiger partial charge in [0.2, 0.25) is 0 Å². The molecule has 0 bridgehead atoms. The Labute approximate surface area is 153 Å². The van der Waals surface area contributed by atoms with Crippen LogP contribution >= 0.6 is 11.3 Å². The van der Waals surface area contributed by atoms with E-state index in [1.807, 2.05) is 0 Å². The topological polar surface area (TPSA) is 71.5 Å². The molecular formula is C14H13AsF3N3O3S. The van der Waals surface area contributed by atoms with Gasteiger partial charge in [0, 0.05) is 0 Å². The van der Waals surface area contributed by atoms with Gasteiger partial charge in [-0.3, -0.25) is 0 Å². The Morgan fingerprint density at radius 2 is 2.12 bits per heavy atom. The first-order valence-electron chi connectivity index (χ1n) is 6.94. The van der Waals surface area contributed by atoms with E-state index in [-0.39, 0.29) is 28.0 Å². The number of alkyl halides is 3. The molecule has 0 fully saturated rings. The average Bonchev–Trinajstić information content (AvgIpc) is 2.85. The Kier molecular flexibility index (Phi) is 5.94. The fourth-order valence-electron chi connectivity index (χ4n) is 1.93. The number of amides is 2. The predicted molar refractivity (Wildman–Crippen MR) is 87.7 cm³/mol. The van der Waals surface area contributed by atoms with Crippen LogP contribution in [-0.2, 0) is 9.59 Å². The van der Waals surface area contributed by atoms with Crippen molar-refractivity contribution in [3.05, 3.63) is 18.2 Å². The number of hydrogen-bond donors (Lipinski definition) is 1. The van der Waals surface area contributed by atoms with Gasteiger partial charge in [-0.15, -0.1) is 13.2 Å². The van der Waals surface area contributed by atoms with Crippen LogP contribution in [0.4, 0.5) is 18.3 Å². The molecule has 2 radical (unpaired) electrons. The van der Waals surface area contributed by atoms with Crippen LogP contribution in [0.1, 0.15) is 6.92 Å². The molecule has 6 nitrogen and oxygen atoms in total. The van der Waals surface area contributed by atoms with Gasteiger partial charge in [0.25, 0.3) is 0 Å². The van der Waals surface area contributed by atoms with Gasteiger partial charge >= 0.3 is 140 Å². The Balaban J connectivity index is 2.06. The fourth-order valence-corrected chi connectivity index (χ4v) is 3.25. The quantitative estimate of drug-likeness (QED) is 0.734. The molecule has 1 atom stereocenters. The molecule has 25 heavy (non-hydrogen) atoms. The number of carbonyl (C=O) groups excluding carboxylic acids is 2. The number of aromatic nitrogens is 1. The third kappa shape index (κ3) is 5.60. The van der Waals surface area contributed by atoms with Gasteiger partial charge in [-0.2, -0.15) is 0 Å². The second kappa shape index (κ2) is 7.61. The molecule has 0 spiro atoms. The van der Waals surface area contributed by atoms with E-state index < -0.39 is 12.3 Å². The molecule has 2 amide bonds. The zero-order valence-corrected chi connectivity index (χ0v) is 15.8. The maximum absolute atomic E-state index is 12.2. The van der Waals surface area contributed by atoms with E-state index in [1.54, 1.807) is 6.92 Å². The van der Waals surface area contributed by atoms with Gasteiger partial charge in [0.05, 0.1) is 0 Å². The van der Waals surface area contributed by atoms with Gasteiger partial charge in [-0.05, 0) is 0 Å². The zero-order valence-electron chi connectivity index (χ0n) is 13.1. The number of hydrogen-bond acceptors (Lipinski definition) is 5. The molecule has 0 saturated heterocycles. The third-order valence-electron chi connectivity index (χ3n) is 2.95. The first-order valence-corrected chi connectivity index (χ1v) is 8.84. The number of anilines is 1. The van der Waals surface area contributed by atoms with E-state index in [0.717, 1.165) is 17.4 Å². The van der Waals surface area contributed by atoms with Crippen LogP contribution in [0.15, 0.2) is 18.2 Å². The molecule has 2 rings (SSSR count). The number of nitrogens with zero attached hydrogens (tertiary/aromatic N) is 2. The molecule has 11 heteroatoms. The summed E-state index contributed by atoms with van der Waals surface area (Å²) in [6, 6.07) is 3.71. The summed E-state index contributed by atoms with van der Waals surface area (Å²) in [4.78, 5) is 29.1. The van der Waals surface area contributed by atoms with Crippen molar-refractivity contribution < 1.29 is 27.5 Å². The van der Waals surface area contributed by atoms with Crippen LogP contribution in [0, 0.1) is 0 Å². The van der Waals surface area contributed by atoms with Crippen molar-refractivity contribution in [3.8, 4) is 5.75 Å². The van der Waals surface area contributed by atoms with Crippen LogP contribution < -0.4 is 10.1 Å². The monoisotopic (exact) mass is 435 g/mol. The number of halogens is 3. The Hall–Kier alpha value is -1.80. The van der Waals surface area contributed by atoms with Gasteiger partial charge in [-0.25, -0.2) is 0 Å². The normalized spacial score (nSPS) is 12.7. The van der Waals surface area contributed by atoms with Crippen molar-refractivity contribution >= 4 is 55.4 Å². The van der Waals surface area contributed by atoms with Crippen molar-refractivity contribution in [3.63, 3.8) is 0 Å². The zero-order chi connectivity index (χ0) is 18.8. The van der Waals surface area contributed by atoms with E-state index in [0.29, 0.717) is 10.2 Å². The van der Waals surface area contributed by atoms with Crippen LogP contribution in [-0.4, -0.2) is 58.5 Å². The van der Waals surface area contributed by atoms with Crippen LogP contribution in [0.25, 0.3) is 10.2 Å². The number of thiazole rings is 1. The molecule has 0 saturated carbocycles. The first-order chi connectivity index (χ1) is 11.5. The van der Waals surface area contributed by atoms with Crippen molar-refractivity contribution in [2.75, 3.05) is 18.9 Å². The summed E-state index contributed by atoms with van der Waals surface area (Å²) in [6.45, 7) is 1.55. The standard InChI is InChI=1S/C14H13AsF3N3O3S/c1-7(15)12(23)21(2)6-11(22)20-13-19-9-4-3-8(5-10(9)25-13)24-14(16,17)18/h3-5,7H,6H2,1-2H3,(H,19,20,22)/t7-/m1/s1. The van der Waals surface area contributed by atoms with Gasteiger partial charge < -0.3 is 0 Å². The molecule has 0 unspecified atom stereocenters. The number of ether oxygens (including phenoxy) is 1. The van der Waals surface area contributed by atoms with E-state index in [2.05, 4.69) is 31.9 Å². The molecule has 1 aromatic heterocycles. The van der Waals surface area contributed by atoms with Gasteiger partial charge in [-0.1, -0.05) is 0 Å². The molecule has 0 aliphatic heterocycles. The average molecular weight is 435 g/mol. The summed E-state index contributed by atoms with van der Waals surface area (Å²) < 4.78 is 40.7. The minimum absolute atomic E-state index is 0.153. The molecule has 0 aliphatic carbocycles. The Bertz CT molecular complexity index is 794. The summed E-state index contributed by atoms with van der Waals surface area (Å²) in [5.41, 5.74) is 0.429. The summed E-state index contributed by atoms with van der Waals surface area (Å²) in [6.07, 6.45) is -4.78. The molecule has 1 aromatic carbocycles. The second-order valence-corrected chi connectivity index (χ2v) is 7.77. The van der Waals surface area contributed by atoms with E-state index in [4.69, 9.17) is 0 Å². The van der Waals surface area contributed by atoms with E-state index >= 15 is 0 Å². The Morgan fingerprint density at radius 3 is 2.72 bits per heavy atom. The maximum atomic E-state index is 12.2. The fraction of sp³-hybridized carbons (Fsp3) is 0.357. The van der Waals surface area contributed by atoms with Crippen LogP contribution in [0.2, 0.25) is 4.71 Å². The van der Waals surface area contributed by atoms with Crippen molar-refractivity contribution in [1.82, 2.24) is 9.88 Å². The van der Waals surface area contributed by atoms with E-state index in [9.17, 15) is 22.8 Å². The Morgan fingerprint density at radius 1 is 1.44 bits per heavy atom. The molecule has 0 aliphatic rings. The summed E-state index contributed by atoms with van der Waals surface area (Å²) in [5, 5.41) is 2.76. The van der Waals surface area contributed by atoms with Crippen molar-refractivity contribution in [2.45, 2.75) is 18.0 Å². The number of fused-ring (bicyclic) bond motifs is 1. The third-order valence-corrected chi connectivity index (χ3v) is 4.35. The number of nitrogens with one attached hydrogen (secondary N) is 1. The minimum atomic E-state index is -4.78. The summed E-state index contributed by atoms with van der Waals surface area (Å²) in [7, 11) is 1.50. The number of benzene rings is 1. The summed E-state index contributed by atoms with van der Waals surface area (Å²) in [5.74, 6) is -1.01. The molecule has 2 aromatic rings. The molecule has 1 N–H and O–H groups in total. The predicted octanol–water partition coefficient (Wildman–Crippen LogP) is 2.57. The first kappa shape index (κ1) is 19.5. The van der Waals surface area contributed by atoms with Gasteiger partial charge in [0.1, 0.15) is 0 Å². The number of likely N-dealkylation sites (N-methyl/N-ethyl adjacent to an activating group) is 1.